The number of hydrogen-bond acceptors (Lipinski definition) is 8. The average molecular weight is 387 g/mol. The predicted molar refractivity (Wildman–Crippen MR) is 93.3 cm³/mol. The Bertz CT molecular complexity index is 257. The second-order valence-electron chi connectivity index (χ2n) is 4.69. The van der Waals surface area contributed by atoms with Crippen molar-refractivity contribution in [1.29, 1.82) is 0 Å². The van der Waals surface area contributed by atoms with Gasteiger partial charge < -0.3 is 36.8 Å². The Morgan fingerprint density at radius 3 is 0.792 bits per heavy atom. The van der Waals surface area contributed by atoms with Crippen LogP contribution < -0.4 is 0 Å². The van der Waals surface area contributed by atoms with E-state index >= 15 is 0 Å². The lowest BCUT2D eigenvalue weighted by Gasteiger charge is -2.39. The fourth-order valence-corrected chi connectivity index (χ4v) is 8.29. The zero-order valence-electron chi connectivity index (χ0n) is 15.7. The summed E-state index contributed by atoms with van der Waals surface area (Å²) in [5.74, 6) is 0. The Hall–Kier alpha value is 0.114. The molecule has 0 saturated heterocycles. The van der Waals surface area contributed by atoms with E-state index in [-0.39, 0.29) is 39.6 Å². The first-order chi connectivity index (χ1) is 11.4. The normalized spacial score (nSPS) is 15.5. The number of aliphatic hydroxyl groups is 2. The van der Waals surface area contributed by atoms with E-state index in [0.29, 0.717) is 0 Å². The summed E-state index contributed by atoms with van der Waals surface area (Å²) >= 11 is 0. The second-order valence-corrected chi connectivity index (χ2v) is 10.0. The standard InChI is InChI=1S/C14H34O8Si2/c1-7-17-23(18-8-2,19-9-3)13(15)14(16)24(20-10-4,21-11-5)22-12-6/h13-16H,7-12H2,1-6H3. The lowest BCUT2D eigenvalue weighted by atomic mass is 10.8. The van der Waals surface area contributed by atoms with E-state index in [4.69, 9.17) is 26.6 Å². The fraction of sp³-hybridized carbons (Fsp3) is 1.00. The highest BCUT2D eigenvalue weighted by atomic mass is 28.4. The monoisotopic (exact) mass is 386 g/mol. The smallest absolute Gasteiger partial charge is 0.386 e. The molecule has 0 spiro atoms. The number of aliphatic hydroxyl groups excluding tert-OH is 2. The molecule has 0 amide bonds. The molecule has 2 unspecified atom stereocenters. The maximum Gasteiger partial charge on any atom is 0.533 e. The zero-order chi connectivity index (χ0) is 18.6. The molecule has 2 N–H and O–H groups in total. The van der Waals surface area contributed by atoms with E-state index in [1.165, 1.54) is 0 Å². The highest BCUT2D eigenvalue weighted by Gasteiger charge is 2.62. The molecule has 0 aliphatic carbocycles. The van der Waals surface area contributed by atoms with Gasteiger partial charge in [-0.2, -0.15) is 0 Å². The van der Waals surface area contributed by atoms with Crippen molar-refractivity contribution in [2.75, 3.05) is 39.6 Å². The van der Waals surface area contributed by atoms with Crippen LogP contribution in [0.2, 0.25) is 0 Å². The first-order valence-corrected chi connectivity index (χ1v) is 12.2. The van der Waals surface area contributed by atoms with E-state index in [1.54, 1.807) is 41.5 Å². The van der Waals surface area contributed by atoms with E-state index < -0.39 is 29.1 Å². The van der Waals surface area contributed by atoms with Crippen molar-refractivity contribution in [3.05, 3.63) is 0 Å². The lowest BCUT2D eigenvalue weighted by molar-refractivity contribution is -0.0442. The third kappa shape index (κ3) is 6.13. The van der Waals surface area contributed by atoms with Crippen molar-refractivity contribution in [2.24, 2.45) is 0 Å². The van der Waals surface area contributed by atoms with Crippen molar-refractivity contribution in [1.82, 2.24) is 0 Å². The van der Waals surface area contributed by atoms with Gasteiger partial charge in [0.25, 0.3) is 0 Å². The maximum atomic E-state index is 10.9. The quantitative estimate of drug-likeness (QED) is 0.401. The summed E-state index contributed by atoms with van der Waals surface area (Å²) < 4.78 is 34.0. The third-order valence-corrected chi connectivity index (χ3v) is 9.66. The maximum absolute atomic E-state index is 10.9. The molecule has 8 nitrogen and oxygen atoms in total. The van der Waals surface area contributed by atoms with Gasteiger partial charge in [0, 0.05) is 39.6 Å². The zero-order valence-corrected chi connectivity index (χ0v) is 17.7. The SMILES string of the molecule is CCO[Si](OCC)(OCC)C(O)C(O)[Si](OCC)(OCC)OCC. The molecule has 0 aromatic heterocycles. The van der Waals surface area contributed by atoms with Gasteiger partial charge in [0.15, 0.2) is 11.5 Å². The van der Waals surface area contributed by atoms with Gasteiger partial charge in [-0.05, 0) is 41.5 Å². The fourth-order valence-electron chi connectivity index (χ4n) is 2.36. The number of hydrogen-bond donors (Lipinski definition) is 2. The average Bonchev–Trinajstić information content (AvgIpc) is 2.54. The molecule has 10 heteroatoms. The molecule has 2 atom stereocenters. The molecule has 0 radical (unpaired) electrons. The highest BCUT2D eigenvalue weighted by Crippen LogP contribution is 2.25. The van der Waals surface area contributed by atoms with E-state index in [2.05, 4.69) is 0 Å². The Morgan fingerprint density at radius 2 is 0.667 bits per heavy atom. The molecule has 0 fully saturated rings. The third-order valence-electron chi connectivity index (χ3n) is 3.10. The molecule has 0 heterocycles. The van der Waals surface area contributed by atoms with Crippen LogP contribution in [0.1, 0.15) is 41.5 Å². The summed E-state index contributed by atoms with van der Waals surface area (Å²) in [6.45, 7) is 12.3. The molecule has 0 saturated carbocycles. The van der Waals surface area contributed by atoms with Crippen molar-refractivity contribution in [3.63, 3.8) is 0 Å². The van der Waals surface area contributed by atoms with Crippen LogP contribution in [0.15, 0.2) is 0 Å². The largest absolute Gasteiger partial charge is 0.533 e. The van der Waals surface area contributed by atoms with E-state index in [0.717, 1.165) is 0 Å². The molecule has 24 heavy (non-hydrogen) atoms. The van der Waals surface area contributed by atoms with E-state index in [1.807, 2.05) is 0 Å². The van der Waals surface area contributed by atoms with Crippen LogP contribution in [0, 0.1) is 0 Å². The molecule has 0 aliphatic heterocycles. The van der Waals surface area contributed by atoms with Crippen molar-refractivity contribution in [3.8, 4) is 0 Å². The van der Waals surface area contributed by atoms with Gasteiger partial charge in [-0.15, -0.1) is 0 Å². The van der Waals surface area contributed by atoms with Gasteiger partial charge in [0.2, 0.25) is 0 Å². The van der Waals surface area contributed by atoms with Gasteiger partial charge in [-0.25, -0.2) is 0 Å². The molecule has 146 valence electrons. The van der Waals surface area contributed by atoms with Crippen LogP contribution in [-0.2, 0) is 26.6 Å². The highest BCUT2D eigenvalue weighted by molar-refractivity contribution is 6.68. The molecular formula is C14H34O8Si2. The van der Waals surface area contributed by atoms with Crippen molar-refractivity contribution < 1.29 is 36.8 Å². The second kappa shape index (κ2) is 12.5. The minimum atomic E-state index is -3.56. The molecule has 0 bridgehead atoms. The number of rotatable bonds is 15. The van der Waals surface area contributed by atoms with Crippen molar-refractivity contribution >= 4 is 17.6 Å². The molecule has 0 aliphatic rings. The minimum absolute atomic E-state index is 0.280. The van der Waals surface area contributed by atoms with Crippen LogP contribution in [0.3, 0.4) is 0 Å². The first kappa shape index (κ1) is 24.1. The first-order valence-electron chi connectivity index (χ1n) is 8.63. The van der Waals surface area contributed by atoms with Crippen LogP contribution in [-0.4, -0.2) is 78.9 Å². The van der Waals surface area contributed by atoms with Crippen LogP contribution >= 0.6 is 0 Å². The van der Waals surface area contributed by atoms with Gasteiger partial charge >= 0.3 is 17.6 Å². The summed E-state index contributed by atoms with van der Waals surface area (Å²) in [6, 6.07) is 0. The van der Waals surface area contributed by atoms with E-state index in [9.17, 15) is 10.2 Å². The Kier molecular flexibility index (Phi) is 12.5. The minimum Gasteiger partial charge on any atom is -0.386 e. The topological polar surface area (TPSA) is 95.8 Å². The van der Waals surface area contributed by atoms with Gasteiger partial charge in [-0.3, -0.25) is 0 Å². The Balaban J connectivity index is 5.70. The molecule has 0 rings (SSSR count). The summed E-state index contributed by atoms with van der Waals surface area (Å²) in [5.41, 5.74) is -2.87. The van der Waals surface area contributed by atoms with Crippen molar-refractivity contribution in [2.45, 2.75) is 53.0 Å². The molecular weight excluding hydrogens is 352 g/mol. The van der Waals surface area contributed by atoms with Crippen LogP contribution in [0.25, 0.3) is 0 Å². The van der Waals surface area contributed by atoms with Gasteiger partial charge in [0.1, 0.15) is 0 Å². The molecule has 0 aromatic rings. The Morgan fingerprint density at radius 1 is 0.500 bits per heavy atom. The summed E-state index contributed by atoms with van der Waals surface area (Å²) in [5, 5.41) is 21.7. The van der Waals surface area contributed by atoms with Crippen LogP contribution in [0.5, 0.6) is 0 Å². The summed E-state index contributed by atoms with van der Waals surface area (Å²) in [4.78, 5) is 0. The summed E-state index contributed by atoms with van der Waals surface area (Å²) in [6.07, 6.45) is 0. The van der Waals surface area contributed by atoms with Crippen LogP contribution in [0.4, 0.5) is 0 Å². The van der Waals surface area contributed by atoms with Gasteiger partial charge in [-0.1, -0.05) is 0 Å². The predicted octanol–water partition coefficient (Wildman–Crippen LogP) is 0.883. The van der Waals surface area contributed by atoms with Gasteiger partial charge in [0.05, 0.1) is 0 Å². The summed E-state index contributed by atoms with van der Waals surface area (Å²) in [7, 11) is -7.12. The molecule has 0 aromatic carbocycles. The lowest BCUT2D eigenvalue weighted by Crippen LogP contribution is -2.70. The Labute approximate surface area is 147 Å².